The van der Waals surface area contributed by atoms with Gasteiger partial charge in [0.2, 0.25) is 5.91 Å². The van der Waals surface area contributed by atoms with Crippen molar-refractivity contribution in [3.05, 3.63) is 65.2 Å². The van der Waals surface area contributed by atoms with Crippen LogP contribution in [0.2, 0.25) is 0 Å². The smallest absolute Gasteiger partial charge is 0.335 e. The number of fused-ring (bicyclic) bond motifs is 1. The fourth-order valence-electron chi connectivity index (χ4n) is 3.62. The summed E-state index contributed by atoms with van der Waals surface area (Å²) in [5.41, 5.74) is 3.66. The minimum atomic E-state index is -0.932. The van der Waals surface area contributed by atoms with Crippen molar-refractivity contribution in [2.75, 3.05) is 25.5 Å². The van der Waals surface area contributed by atoms with Crippen LogP contribution in [-0.2, 0) is 11.2 Å². The lowest BCUT2D eigenvalue weighted by Crippen LogP contribution is -2.35. The van der Waals surface area contributed by atoms with Gasteiger partial charge in [-0.25, -0.2) is 4.79 Å². The highest BCUT2D eigenvalue weighted by atomic mass is 16.4. The molecule has 0 fully saturated rings. The van der Waals surface area contributed by atoms with Crippen molar-refractivity contribution in [3.63, 3.8) is 0 Å². The molecule has 1 aliphatic carbocycles. The molecule has 0 heterocycles. The predicted molar refractivity (Wildman–Crippen MR) is 97.1 cm³/mol. The highest BCUT2D eigenvalue weighted by molar-refractivity contribution is 5.88. The summed E-state index contributed by atoms with van der Waals surface area (Å²) in [6, 6.07) is 15.0. The molecule has 2 atom stereocenters. The molecular weight excluding hydrogens is 316 g/mol. The molecular formula is C20H22N2O3. The molecule has 0 bridgehead atoms. The molecule has 2 N–H and O–H groups in total. The summed E-state index contributed by atoms with van der Waals surface area (Å²) in [6.07, 6.45) is 0.756. The second-order valence-electron chi connectivity index (χ2n) is 6.46. The maximum atomic E-state index is 12.3. The molecule has 2 unspecified atom stereocenters. The van der Waals surface area contributed by atoms with Crippen LogP contribution in [0.5, 0.6) is 0 Å². The molecule has 0 aromatic heterocycles. The van der Waals surface area contributed by atoms with E-state index in [0.717, 1.165) is 12.1 Å². The highest BCUT2D eigenvalue weighted by Gasteiger charge is 2.37. The quantitative estimate of drug-likeness (QED) is 0.879. The summed E-state index contributed by atoms with van der Waals surface area (Å²) in [7, 11) is 3.65. The number of likely N-dealkylation sites (N-methyl/N-ethyl adjacent to an activating group) is 1. The first-order chi connectivity index (χ1) is 12.0. The Kier molecular flexibility index (Phi) is 4.74. The first kappa shape index (κ1) is 17.0. The number of nitrogens with zero attached hydrogens (tertiary/aromatic N) is 1. The Hall–Kier alpha value is -2.82. The van der Waals surface area contributed by atoms with E-state index >= 15 is 0 Å². The zero-order valence-corrected chi connectivity index (χ0v) is 14.4. The standard InChI is InChI=1S/C20H22N2O3/c1-21-19(23)17-11-14-5-3-4-6-16(14)18(17)12-22(2)15-9-7-13(8-10-15)20(24)25/h3-10,17-18H,11-12H2,1-2H3,(H,21,23)(H,24,25). The van der Waals surface area contributed by atoms with E-state index in [1.165, 1.54) is 11.1 Å². The van der Waals surface area contributed by atoms with Crippen molar-refractivity contribution in [3.8, 4) is 0 Å². The molecule has 0 saturated heterocycles. The van der Waals surface area contributed by atoms with Gasteiger partial charge in [-0.05, 0) is 41.8 Å². The summed E-state index contributed by atoms with van der Waals surface area (Å²) in [5.74, 6) is -0.835. The zero-order valence-electron chi connectivity index (χ0n) is 14.4. The van der Waals surface area contributed by atoms with Gasteiger partial charge in [0.15, 0.2) is 0 Å². The molecule has 130 valence electrons. The van der Waals surface area contributed by atoms with E-state index in [4.69, 9.17) is 5.11 Å². The predicted octanol–water partition coefficient (Wildman–Crippen LogP) is 2.52. The molecule has 0 radical (unpaired) electrons. The molecule has 5 heteroatoms. The van der Waals surface area contributed by atoms with Crippen molar-refractivity contribution < 1.29 is 14.7 Å². The lowest BCUT2D eigenvalue weighted by atomic mass is 9.91. The minimum absolute atomic E-state index is 0.0656. The molecule has 2 aromatic carbocycles. The number of carboxylic acid groups (broad SMARTS) is 1. The maximum Gasteiger partial charge on any atom is 0.335 e. The number of hydrogen-bond acceptors (Lipinski definition) is 3. The van der Waals surface area contributed by atoms with Crippen LogP contribution >= 0.6 is 0 Å². The summed E-state index contributed by atoms with van der Waals surface area (Å²) in [6.45, 7) is 0.696. The van der Waals surface area contributed by atoms with Gasteiger partial charge in [0.25, 0.3) is 0 Å². The van der Waals surface area contributed by atoms with Crippen LogP contribution in [0.25, 0.3) is 0 Å². The lowest BCUT2D eigenvalue weighted by Gasteiger charge is -2.27. The van der Waals surface area contributed by atoms with Crippen molar-refractivity contribution in [1.82, 2.24) is 5.32 Å². The van der Waals surface area contributed by atoms with Gasteiger partial charge in [-0.2, -0.15) is 0 Å². The number of anilines is 1. The van der Waals surface area contributed by atoms with Crippen LogP contribution in [0, 0.1) is 5.92 Å². The third kappa shape index (κ3) is 3.36. The monoisotopic (exact) mass is 338 g/mol. The van der Waals surface area contributed by atoms with Crippen LogP contribution in [-0.4, -0.2) is 37.6 Å². The average molecular weight is 338 g/mol. The third-order valence-electron chi connectivity index (χ3n) is 4.99. The number of carboxylic acids is 1. The van der Waals surface area contributed by atoms with E-state index in [-0.39, 0.29) is 23.3 Å². The van der Waals surface area contributed by atoms with Gasteiger partial charge >= 0.3 is 5.97 Å². The number of aromatic carboxylic acids is 1. The Morgan fingerprint density at radius 3 is 2.48 bits per heavy atom. The number of amides is 1. The number of rotatable bonds is 5. The number of carbonyl (C=O) groups is 2. The normalized spacial score (nSPS) is 18.5. The Labute approximate surface area is 147 Å². The Bertz CT molecular complexity index is 786. The van der Waals surface area contributed by atoms with Gasteiger partial charge in [-0.1, -0.05) is 24.3 Å². The molecule has 0 spiro atoms. The van der Waals surface area contributed by atoms with E-state index in [2.05, 4.69) is 22.3 Å². The first-order valence-corrected chi connectivity index (χ1v) is 8.35. The van der Waals surface area contributed by atoms with Gasteiger partial charge in [0, 0.05) is 32.2 Å². The second-order valence-corrected chi connectivity index (χ2v) is 6.46. The van der Waals surface area contributed by atoms with Crippen LogP contribution in [0.3, 0.4) is 0 Å². The van der Waals surface area contributed by atoms with Gasteiger partial charge < -0.3 is 15.3 Å². The van der Waals surface area contributed by atoms with Gasteiger partial charge in [0.1, 0.15) is 0 Å². The van der Waals surface area contributed by atoms with Gasteiger partial charge in [-0.3, -0.25) is 4.79 Å². The topological polar surface area (TPSA) is 69.6 Å². The van der Waals surface area contributed by atoms with E-state index in [0.29, 0.717) is 6.54 Å². The summed E-state index contributed by atoms with van der Waals surface area (Å²) in [4.78, 5) is 25.4. The second kappa shape index (κ2) is 6.97. The first-order valence-electron chi connectivity index (χ1n) is 8.35. The maximum absolute atomic E-state index is 12.3. The Morgan fingerprint density at radius 1 is 1.16 bits per heavy atom. The number of benzene rings is 2. The van der Waals surface area contributed by atoms with Gasteiger partial charge in [-0.15, -0.1) is 0 Å². The Morgan fingerprint density at radius 2 is 1.84 bits per heavy atom. The number of carbonyl (C=O) groups excluding carboxylic acids is 1. The minimum Gasteiger partial charge on any atom is -0.478 e. The van der Waals surface area contributed by atoms with Crippen LogP contribution < -0.4 is 10.2 Å². The number of hydrogen-bond donors (Lipinski definition) is 2. The van der Waals surface area contributed by atoms with E-state index in [9.17, 15) is 9.59 Å². The lowest BCUT2D eigenvalue weighted by molar-refractivity contribution is -0.124. The summed E-state index contributed by atoms with van der Waals surface area (Å²) >= 11 is 0. The van der Waals surface area contributed by atoms with Crippen molar-refractivity contribution in [2.45, 2.75) is 12.3 Å². The van der Waals surface area contributed by atoms with Crippen molar-refractivity contribution in [2.24, 2.45) is 5.92 Å². The Balaban J connectivity index is 1.83. The largest absolute Gasteiger partial charge is 0.478 e. The van der Waals surface area contributed by atoms with Crippen molar-refractivity contribution >= 4 is 17.6 Å². The summed E-state index contributed by atoms with van der Waals surface area (Å²) in [5, 5.41) is 11.8. The van der Waals surface area contributed by atoms with Crippen LogP contribution in [0.4, 0.5) is 5.69 Å². The molecule has 0 saturated carbocycles. The number of nitrogens with one attached hydrogen (secondary N) is 1. The fraction of sp³-hybridized carbons (Fsp3) is 0.300. The molecule has 2 aromatic rings. The average Bonchev–Trinajstić information content (AvgIpc) is 2.99. The summed E-state index contributed by atoms with van der Waals surface area (Å²) < 4.78 is 0. The SMILES string of the molecule is CNC(=O)C1Cc2ccccc2C1CN(C)c1ccc(C(=O)O)cc1. The van der Waals surface area contributed by atoms with Crippen LogP contribution in [0.15, 0.2) is 48.5 Å². The molecule has 5 nitrogen and oxygen atoms in total. The van der Waals surface area contributed by atoms with E-state index < -0.39 is 5.97 Å². The van der Waals surface area contributed by atoms with Crippen molar-refractivity contribution in [1.29, 1.82) is 0 Å². The zero-order chi connectivity index (χ0) is 18.0. The van der Waals surface area contributed by atoms with Gasteiger partial charge in [0.05, 0.1) is 11.5 Å². The molecule has 0 aliphatic heterocycles. The van der Waals surface area contributed by atoms with Crippen LogP contribution in [0.1, 0.15) is 27.4 Å². The molecule has 25 heavy (non-hydrogen) atoms. The third-order valence-corrected chi connectivity index (χ3v) is 4.99. The molecule has 3 rings (SSSR count). The fourth-order valence-corrected chi connectivity index (χ4v) is 3.62. The van der Waals surface area contributed by atoms with E-state index in [1.54, 1.807) is 31.3 Å². The molecule has 1 amide bonds. The molecule has 1 aliphatic rings. The van der Waals surface area contributed by atoms with E-state index in [1.807, 2.05) is 19.2 Å². The highest BCUT2D eigenvalue weighted by Crippen LogP contribution is 2.39.